The van der Waals surface area contributed by atoms with Gasteiger partial charge in [0.15, 0.2) is 0 Å². The topological polar surface area (TPSA) is 9.23 Å². The van der Waals surface area contributed by atoms with Crippen LogP contribution in [-0.4, -0.2) is 6.11 Å². The highest BCUT2D eigenvalue weighted by Gasteiger charge is 2.35. The average molecular weight is 280 g/mol. The lowest BCUT2D eigenvalue weighted by atomic mass is 9.77. The van der Waals surface area contributed by atoms with Crippen molar-refractivity contribution >= 4 is 0 Å². The van der Waals surface area contributed by atoms with Crippen molar-refractivity contribution in [1.82, 2.24) is 0 Å². The van der Waals surface area contributed by atoms with Gasteiger partial charge in [-0.05, 0) is 54.2 Å². The summed E-state index contributed by atoms with van der Waals surface area (Å²) in [4.78, 5) is 0. The van der Waals surface area contributed by atoms with E-state index in [1.165, 1.54) is 37.7 Å². The van der Waals surface area contributed by atoms with Gasteiger partial charge in [0.2, 0.25) is 0 Å². The summed E-state index contributed by atoms with van der Waals surface area (Å²) in [5.41, 5.74) is 3.01. The molecule has 3 rings (SSSR count). The van der Waals surface area contributed by atoms with Crippen LogP contribution >= 0.6 is 0 Å². The Bertz CT molecular complexity index is 476. The van der Waals surface area contributed by atoms with Crippen LogP contribution < -0.4 is 0 Å². The third kappa shape index (κ3) is 2.88. The van der Waals surface area contributed by atoms with Gasteiger partial charge in [0.25, 0.3) is 0 Å². The minimum absolute atomic E-state index is 0.0421. The van der Waals surface area contributed by atoms with E-state index in [0.717, 1.165) is 17.0 Å². The summed E-state index contributed by atoms with van der Waals surface area (Å²) in [6.45, 7) is 2.31. The van der Waals surface area contributed by atoms with Crippen molar-refractivity contribution in [3.05, 3.63) is 34.9 Å². The van der Waals surface area contributed by atoms with Gasteiger partial charge >= 0.3 is 6.11 Å². The molecular formula is C17H22F2O. The Hall–Kier alpha value is -0.960. The summed E-state index contributed by atoms with van der Waals surface area (Å²) < 4.78 is 31.0. The molecule has 1 aromatic rings. The number of benzene rings is 1. The average Bonchev–Trinajstić information content (AvgIpc) is 2.46. The molecule has 1 aliphatic heterocycles. The lowest BCUT2D eigenvalue weighted by Crippen LogP contribution is -2.29. The third-order valence-corrected chi connectivity index (χ3v) is 4.96. The van der Waals surface area contributed by atoms with Crippen LogP contribution in [0.25, 0.3) is 0 Å². The third-order valence-electron chi connectivity index (χ3n) is 4.96. The van der Waals surface area contributed by atoms with Crippen LogP contribution in [0.4, 0.5) is 8.78 Å². The Labute approximate surface area is 119 Å². The molecule has 1 fully saturated rings. The smallest absolute Gasteiger partial charge is 0.315 e. The second-order valence-electron chi connectivity index (χ2n) is 6.26. The summed E-state index contributed by atoms with van der Waals surface area (Å²) in [5, 5.41) is 0. The molecule has 3 heteroatoms. The van der Waals surface area contributed by atoms with Crippen LogP contribution in [0, 0.1) is 5.92 Å². The van der Waals surface area contributed by atoms with Gasteiger partial charge in [-0.25, -0.2) is 0 Å². The Morgan fingerprint density at radius 3 is 2.60 bits per heavy atom. The standard InChI is InChI=1S/C17H22F2O/c1-2-12-3-5-13(6-4-12)14-7-8-15-10-17(18,19)20-11-16(15)9-14/h7-9,12-13H,2-6,10-11H2,1H3. The monoisotopic (exact) mass is 280 g/mol. The van der Waals surface area contributed by atoms with E-state index in [2.05, 4.69) is 23.8 Å². The van der Waals surface area contributed by atoms with Crippen LogP contribution in [-0.2, 0) is 17.8 Å². The molecule has 1 saturated carbocycles. The zero-order chi connectivity index (χ0) is 14.2. The van der Waals surface area contributed by atoms with Crippen molar-refractivity contribution < 1.29 is 13.5 Å². The highest BCUT2D eigenvalue weighted by molar-refractivity contribution is 5.35. The van der Waals surface area contributed by atoms with Crippen molar-refractivity contribution in [1.29, 1.82) is 0 Å². The van der Waals surface area contributed by atoms with Crippen molar-refractivity contribution in [2.24, 2.45) is 5.92 Å². The number of alkyl halides is 2. The van der Waals surface area contributed by atoms with Crippen molar-refractivity contribution in [3.63, 3.8) is 0 Å². The largest absolute Gasteiger partial charge is 0.360 e. The molecule has 0 aromatic heterocycles. The van der Waals surface area contributed by atoms with Crippen LogP contribution in [0.3, 0.4) is 0 Å². The molecule has 110 valence electrons. The number of hydrogen-bond acceptors (Lipinski definition) is 1. The van der Waals surface area contributed by atoms with Crippen LogP contribution in [0.5, 0.6) is 0 Å². The van der Waals surface area contributed by atoms with Crippen LogP contribution in [0.15, 0.2) is 18.2 Å². The van der Waals surface area contributed by atoms with E-state index in [0.29, 0.717) is 5.92 Å². The molecule has 1 heterocycles. The van der Waals surface area contributed by atoms with Gasteiger partial charge in [-0.3, -0.25) is 0 Å². The Balaban J connectivity index is 1.73. The van der Waals surface area contributed by atoms with Crippen molar-refractivity contribution in [2.75, 3.05) is 0 Å². The SMILES string of the molecule is CCC1CCC(c2ccc3c(c2)COC(F)(F)C3)CC1. The summed E-state index contributed by atoms with van der Waals surface area (Å²) in [6.07, 6.45) is 3.06. The van der Waals surface area contributed by atoms with E-state index in [9.17, 15) is 8.78 Å². The number of halogens is 2. The normalized spacial score (nSPS) is 28.9. The molecule has 0 atom stereocenters. The maximum Gasteiger partial charge on any atom is 0.360 e. The fraction of sp³-hybridized carbons (Fsp3) is 0.647. The van der Waals surface area contributed by atoms with Crippen LogP contribution in [0.1, 0.15) is 61.6 Å². The first-order valence-corrected chi connectivity index (χ1v) is 7.71. The van der Waals surface area contributed by atoms with Gasteiger partial charge in [0, 0.05) is 0 Å². The molecule has 1 nitrogen and oxygen atoms in total. The zero-order valence-electron chi connectivity index (χ0n) is 12.0. The first kappa shape index (κ1) is 14.0. The van der Waals surface area contributed by atoms with Gasteiger partial charge < -0.3 is 4.74 Å². The molecule has 0 radical (unpaired) electrons. The fourth-order valence-electron chi connectivity index (χ4n) is 3.57. The Morgan fingerprint density at radius 2 is 1.90 bits per heavy atom. The molecule has 0 spiro atoms. The van der Waals surface area contributed by atoms with E-state index in [1.54, 1.807) is 0 Å². The van der Waals surface area contributed by atoms with E-state index < -0.39 is 6.11 Å². The van der Waals surface area contributed by atoms with Gasteiger partial charge in [0.05, 0.1) is 13.0 Å². The maximum absolute atomic E-state index is 13.2. The van der Waals surface area contributed by atoms with Crippen molar-refractivity contribution in [3.8, 4) is 0 Å². The van der Waals surface area contributed by atoms with Gasteiger partial charge in [-0.15, -0.1) is 0 Å². The molecule has 1 aromatic carbocycles. The fourth-order valence-corrected chi connectivity index (χ4v) is 3.57. The summed E-state index contributed by atoms with van der Waals surface area (Å²) >= 11 is 0. The molecule has 0 saturated heterocycles. The van der Waals surface area contributed by atoms with E-state index in [-0.39, 0.29) is 13.0 Å². The predicted molar refractivity (Wildman–Crippen MR) is 74.9 cm³/mol. The van der Waals surface area contributed by atoms with Crippen LogP contribution in [0.2, 0.25) is 0 Å². The quantitative estimate of drug-likeness (QED) is 0.737. The highest BCUT2D eigenvalue weighted by atomic mass is 19.3. The molecular weight excluding hydrogens is 258 g/mol. The maximum atomic E-state index is 13.2. The van der Waals surface area contributed by atoms with Crippen molar-refractivity contribution in [2.45, 2.75) is 64.1 Å². The summed E-state index contributed by atoms with van der Waals surface area (Å²) in [5.74, 6) is 1.48. The molecule has 0 amide bonds. The minimum Gasteiger partial charge on any atom is -0.315 e. The first-order valence-electron chi connectivity index (χ1n) is 7.71. The zero-order valence-corrected chi connectivity index (χ0v) is 12.0. The summed E-state index contributed by atoms with van der Waals surface area (Å²) in [6, 6.07) is 6.03. The van der Waals surface area contributed by atoms with E-state index >= 15 is 0 Å². The number of rotatable bonds is 2. The summed E-state index contributed by atoms with van der Waals surface area (Å²) in [7, 11) is 0. The molecule has 0 unspecified atom stereocenters. The van der Waals surface area contributed by atoms with E-state index in [4.69, 9.17) is 0 Å². The first-order chi connectivity index (χ1) is 9.57. The lowest BCUT2D eigenvalue weighted by molar-refractivity contribution is -0.250. The highest BCUT2D eigenvalue weighted by Crippen LogP contribution is 2.39. The minimum atomic E-state index is -2.99. The second kappa shape index (κ2) is 5.44. The lowest BCUT2D eigenvalue weighted by Gasteiger charge is -2.30. The Morgan fingerprint density at radius 1 is 1.15 bits per heavy atom. The molecule has 0 bridgehead atoms. The molecule has 20 heavy (non-hydrogen) atoms. The Kier molecular flexibility index (Phi) is 3.80. The predicted octanol–water partition coefficient (Wildman–Crippen LogP) is 5.04. The number of hydrogen-bond donors (Lipinski definition) is 0. The molecule has 1 aliphatic carbocycles. The number of fused-ring (bicyclic) bond motifs is 1. The van der Waals surface area contributed by atoms with Gasteiger partial charge in [0.1, 0.15) is 0 Å². The second-order valence-corrected chi connectivity index (χ2v) is 6.26. The van der Waals surface area contributed by atoms with Gasteiger partial charge in [-0.1, -0.05) is 31.5 Å². The van der Waals surface area contributed by atoms with E-state index in [1.807, 2.05) is 6.07 Å². The number of ether oxygens (including phenoxy) is 1. The molecule has 0 N–H and O–H groups in total. The molecule has 2 aliphatic rings. The van der Waals surface area contributed by atoms with Gasteiger partial charge in [-0.2, -0.15) is 8.78 Å².